The van der Waals surface area contributed by atoms with Crippen LogP contribution in [0.3, 0.4) is 0 Å². The molecule has 0 saturated carbocycles. The van der Waals surface area contributed by atoms with Gasteiger partial charge in [0.25, 0.3) is 0 Å². The Hall–Kier alpha value is -0.860. The Kier molecular flexibility index (Phi) is 2.85. The summed E-state index contributed by atoms with van der Waals surface area (Å²) in [5.41, 5.74) is 8.46. The molecule has 2 nitrogen and oxygen atoms in total. The number of rotatable bonds is 3. The number of benzene rings is 1. The first-order chi connectivity index (χ1) is 6.75. The number of ether oxygens (including phenoxy) is 1. The summed E-state index contributed by atoms with van der Waals surface area (Å²) in [6.45, 7) is 3.80. The van der Waals surface area contributed by atoms with Gasteiger partial charge in [-0.05, 0) is 24.5 Å². The van der Waals surface area contributed by atoms with Gasteiger partial charge in [0.2, 0.25) is 0 Å². The van der Waals surface area contributed by atoms with Crippen molar-refractivity contribution in [3.8, 4) is 0 Å². The van der Waals surface area contributed by atoms with Crippen LogP contribution in [-0.2, 0) is 11.2 Å². The summed E-state index contributed by atoms with van der Waals surface area (Å²) in [4.78, 5) is 0. The Labute approximate surface area is 85.1 Å². The van der Waals surface area contributed by atoms with Crippen LogP contribution >= 0.6 is 0 Å². The standard InChI is InChI=1S/C12H17NO/c1-9(13)6-10-2-4-11(5-3-10)12-7-14-8-12/h2-5,9,12H,6-8,13H2,1H3. The fourth-order valence-corrected chi connectivity index (χ4v) is 1.73. The lowest BCUT2D eigenvalue weighted by molar-refractivity contribution is 0.00841. The zero-order valence-electron chi connectivity index (χ0n) is 8.57. The summed E-state index contributed by atoms with van der Waals surface area (Å²) < 4.78 is 5.16. The molecule has 1 unspecified atom stereocenters. The Morgan fingerprint density at radius 3 is 2.43 bits per heavy atom. The highest BCUT2D eigenvalue weighted by Crippen LogP contribution is 2.24. The van der Waals surface area contributed by atoms with E-state index in [1.54, 1.807) is 0 Å². The van der Waals surface area contributed by atoms with Crippen LogP contribution in [0.5, 0.6) is 0 Å². The predicted octanol–water partition coefficient (Wildman–Crippen LogP) is 1.69. The maximum atomic E-state index is 5.74. The third-order valence-electron chi connectivity index (χ3n) is 2.65. The first-order valence-electron chi connectivity index (χ1n) is 5.18. The highest BCUT2D eigenvalue weighted by molar-refractivity contribution is 5.27. The summed E-state index contributed by atoms with van der Waals surface area (Å²) in [5, 5.41) is 0. The van der Waals surface area contributed by atoms with E-state index in [4.69, 9.17) is 10.5 Å². The quantitative estimate of drug-likeness (QED) is 0.789. The third kappa shape index (κ3) is 2.14. The monoisotopic (exact) mass is 191 g/mol. The van der Waals surface area contributed by atoms with Crippen molar-refractivity contribution in [2.24, 2.45) is 5.73 Å². The van der Waals surface area contributed by atoms with Gasteiger partial charge in [0.05, 0.1) is 13.2 Å². The summed E-state index contributed by atoms with van der Waals surface area (Å²) >= 11 is 0. The molecule has 1 aliphatic rings. The normalized spacial score (nSPS) is 19.0. The van der Waals surface area contributed by atoms with Crippen molar-refractivity contribution in [3.63, 3.8) is 0 Å². The van der Waals surface area contributed by atoms with Crippen LogP contribution in [0, 0.1) is 0 Å². The summed E-state index contributed by atoms with van der Waals surface area (Å²) in [6.07, 6.45) is 0.960. The molecule has 14 heavy (non-hydrogen) atoms. The second kappa shape index (κ2) is 4.11. The molecule has 2 heteroatoms. The first kappa shape index (κ1) is 9.69. The SMILES string of the molecule is CC(N)Cc1ccc(C2COC2)cc1. The van der Waals surface area contributed by atoms with Gasteiger partial charge in [-0.2, -0.15) is 0 Å². The lowest BCUT2D eigenvalue weighted by Crippen LogP contribution is -2.25. The molecule has 1 heterocycles. The van der Waals surface area contributed by atoms with Gasteiger partial charge in [-0.25, -0.2) is 0 Å². The minimum atomic E-state index is 0.243. The highest BCUT2D eigenvalue weighted by atomic mass is 16.5. The van der Waals surface area contributed by atoms with Crippen LogP contribution in [0.15, 0.2) is 24.3 Å². The Morgan fingerprint density at radius 1 is 1.36 bits per heavy atom. The summed E-state index contributed by atoms with van der Waals surface area (Å²) in [6, 6.07) is 9.00. The van der Waals surface area contributed by atoms with Crippen molar-refractivity contribution in [2.45, 2.75) is 25.3 Å². The van der Waals surface area contributed by atoms with E-state index >= 15 is 0 Å². The molecule has 76 valence electrons. The van der Waals surface area contributed by atoms with Gasteiger partial charge >= 0.3 is 0 Å². The van der Waals surface area contributed by atoms with Crippen molar-refractivity contribution in [1.82, 2.24) is 0 Å². The van der Waals surface area contributed by atoms with E-state index in [1.165, 1.54) is 11.1 Å². The van der Waals surface area contributed by atoms with Gasteiger partial charge in [-0.3, -0.25) is 0 Å². The highest BCUT2D eigenvalue weighted by Gasteiger charge is 2.19. The van der Waals surface area contributed by atoms with Gasteiger partial charge in [-0.15, -0.1) is 0 Å². The molecule has 1 fully saturated rings. The van der Waals surface area contributed by atoms with E-state index < -0.39 is 0 Å². The average Bonchev–Trinajstić information content (AvgIpc) is 2.04. The molecule has 1 atom stereocenters. The lowest BCUT2D eigenvalue weighted by Gasteiger charge is -2.26. The molecule has 1 aromatic rings. The Morgan fingerprint density at radius 2 is 2.00 bits per heavy atom. The van der Waals surface area contributed by atoms with Crippen LogP contribution in [-0.4, -0.2) is 19.3 Å². The minimum absolute atomic E-state index is 0.243. The fourth-order valence-electron chi connectivity index (χ4n) is 1.73. The van der Waals surface area contributed by atoms with Gasteiger partial charge in [0.15, 0.2) is 0 Å². The Balaban J connectivity index is 2.02. The number of hydrogen-bond donors (Lipinski definition) is 1. The molecule has 0 aliphatic carbocycles. The molecule has 0 aromatic heterocycles. The molecule has 2 N–H and O–H groups in total. The summed E-state index contributed by atoms with van der Waals surface area (Å²) in [7, 11) is 0. The van der Waals surface area contributed by atoms with E-state index in [-0.39, 0.29) is 6.04 Å². The molecule has 1 aliphatic heterocycles. The molecule has 0 spiro atoms. The van der Waals surface area contributed by atoms with Gasteiger partial charge < -0.3 is 10.5 Å². The molecular weight excluding hydrogens is 174 g/mol. The smallest absolute Gasteiger partial charge is 0.0557 e. The van der Waals surface area contributed by atoms with Gasteiger partial charge in [-0.1, -0.05) is 24.3 Å². The molecule has 1 aromatic carbocycles. The second-order valence-electron chi connectivity index (χ2n) is 4.16. The Bertz CT molecular complexity index is 288. The maximum absolute atomic E-state index is 5.74. The van der Waals surface area contributed by atoms with Gasteiger partial charge in [0, 0.05) is 12.0 Å². The molecule has 0 radical (unpaired) electrons. The molecule has 0 amide bonds. The molecular formula is C12H17NO. The van der Waals surface area contributed by atoms with Crippen LogP contribution < -0.4 is 5.73 Å². The van der Waals surface area contributed by atoms with E-state index in [0.717, 1.165) is 19.6 Å². The van der Waals surface area contributed by atoms with Crippen molar-refractivity contribution in [1.29, 1.82) is 0 Å². The topological polar surface area (TPSA) is 35.2 Å². The molecule has 1 saturated heterocycles. The third-order valence-corrected chi connectivity index (χ3v) is 2.65. The van der Waals surface area contributed by atoms with E-state index in [1.807, 2.05) is 6.92 Å². The van der Waals surface area contributed by atoms with Crippen LogP contribution in [0.25, 0.3) is 0 Å². The van der Waals surface area contributed by atoms with Crippen molar-refractivity contribution < 1.29 is 4.74 Å². The van der Waals surface area contributed by atoms with E-state index in [9.17, 15) is 0 Å². The van der Waals surface area contributed by atoms with Crippen LogP contribution in [0.4, 0.5) is 0 Å². The average molecular weight is 191 g/mol. The van der Waals surface area contributed by atoms with Crippen LogP contribution in [0.1, 0.15) is 24.0 Å². The minimum Gasteiger partial charge on any atom is -0.380 e. The van der Waals surface area contributed by atoms with Gasteiger partial charge in [0.1, 0.15) is 0 Å². The first-order valence-corrected chi connectivity index (χ1v) is 5.18. The van der Waals surface area contributed by atoms with Crippen molar-refractivity contribution in [3.05, 3.63) is 35.4 Å². The summed E-state index contributed by atoms with van der Waals surface area (Å²) in [5.74, 6) is 0.624. The largest absolute Gasteiger partial charge is 0.380 e. The number of hydrogen-bond acceptors (Lipinski definition) is 2. The zero-order valence-corrected chi connectivity index (χ0v) is 8.57. The van der Waals surface area contributed by atoms with E-state index in [2.05, 4.69) is 24.3 Å². The van der Waals surface area contributed by atoms with Crippen LogP contribution in [0.2, 0.25) is 0 Å². The fraction of sp³-hybridized carbons (Fsp3) is 0.500. The molecule has 2 rings (SSSR count). The van der Waals surface area contributed by atoms with Crippen molar-refractivity contribution >= 4 is 0 Å². The van der Waals surface area contributed by atoms with E-state index in [0.29, 0.717) is 5.92 Å². The second-order valence-corrected chi connectivity index (χ2v) is 4.16. The lowest BCUT2D eigenvalue weighted by atomic mass is 9.95. The predicted molar refractivity (Wildman–Crippen MR) is 57.4 cm³/mol. The number of nitrogens with two attached hydrogens (primary N) is 1. The zero-order chi connectivity index (χ0) is 9.97. The molecule has 0 bridgehead atoms. The maximum Gasteiger partial charge on any atom is 0.0557 e. The van der Waals surface area contributed by atoms with Crippen molar-refractivity contribution in [2.75, 3.05) is 13.2 Å².